The lowest BCUT2D eigenvalue weighted by atomic mass is 10.1. The summed E-state index contributed by atoms with van der Waals surface area (Å²) >= 11 is 0. The molecule has 6 nitrogen and oxygen atoms in total. The lowest BCUT2D eigenvalue weighted by Crippen LogP contribution is -2.15. The van der Waals surface area contributed by atoms with Crippen LogP contribution >= 0.6 is 0 Å². The van der Waals surface area contributed by atoms with Crippen molar-refractivity contribution in [3.63, 3.8) is 0 Å². The summed E-state index contributed by atoms with van der Waals surface area (Å²) in [5.74, 6) is -0.0373. The van der Waals surface area contributed by atoms with Crippen LogP contribution in [0.1, 0.15) is 37.6 Å². The fourth-order valence-corrected chi connectivity index (χ4v) is 3.40. The number of sulfonamides is 1. The van der Waals surface area contributed by atoms with Crippen LogP contribution in [0.25, 0.3) is 0 Å². The molecule has 138 valence electrons. The predicted molar refractivity (Wildman–Crippen MR) is 102 cm³/mol. The number of hydrogen-bond donors (Lipinski definition) is 2. The minimum absolute atomic E-state index is 0.0134. The third kappa shape index (κ3) is 5.42. The van der Waals surface area contributed by atoms with Gasteiger partial charge in [0.25, 0.3) is 10.0 Å². The zero-order valence-corrected chi connectivity index (χ0v) is 15.8. The van der Waals surface area contributed by atoms with Crippen molar-refractivity contribution in [3.8, 4) is 0 Å². The molecular formula is C19H22N2O4S. The molecular weight excluding hydrogens is 352 g/mol. The van der Waals surface area contributed by atoms with Gasteiger partial charge in [0.1, 0.15) is 0 Å². The van der Waals surface area contributed by atoms with E-state index >= 15 is 0 Å². The first-order valence-electron chi connectivity index (χ1n) is 8.21. The standard InChI is InChI=1S/C19H22N2O4S/c1-13(2)11-19(23)20-16-7-9-17(10-8-16)21-26(24,25)18-6-4-5-15(12-18)14(3)22/h4-10,12-13,21H,11H2,1-3H3,(H,20,23). The van der Waals surface area contributed by atoms with Gasteiger partial charge in [-0.05, 0) is 49.2 Å². The van der Waals surface area contributed by atoms with Gasteiger partial charge in [-0.1, -0.05) is 26.0 Å². The summed E-state index contributed by atoms with van der Waals surface area (Å²) in [6.07, 6.45) is 0.418. The van der Waals surface area contributed by atoms with Crippen molar-refractivity contribution in [3.05, 3.63) is 54.1 Å². The third-order valence-corrected chi connectivity index (χ3v) is 4.94. The first-order valence-corrected chi connectivity index (χ1v) is 9.69. The number of nitrogens with one attached hydrogen (secondary N) is 2. The van der Waals surface area contributed by atoms with Crippen LogP contribution in [0.15, 0.2) is 53.4 Å². The van der Waals surface area contributed by atoms with E-state index in [2.05, 4.69) is 10.0 Å². The molecule has 2 aromatic carbocycles. The molecule has 0 bridgehead atoms. The second kappa shape index (κ2) is 8.14. The zero-order valence-electron chi connectivity index (χ0n) is 14.9. The summed E-state index contributed by atoms with van der Waals surface area (Å²) in [6.45, 7) is 5.29. The molecule has 1 amide bonds. The number of amides is 1. The van der Waals surface area contributed by atoms with E-state index in [4.69, 9.17) is 0 Å². The summed E-state index contributed by atoms with van der Waals surface area (Å²) in [4.78, 5) is 23.2. The van der Waals surface area contributed by atoms with Gasteiger partial charge >= 0.3 is 0 Å². The van der Waals surface area contributed by atoms with Gasteiger partial charge in [0.2, 0.25) is 5.91 Å². The molecule has 0 spiro atoms. The number of rotatable bonds is 7. The maximum absolute atomic E-state index is 12.5. The summed E-state index contributed by atoms with van der Waals surface area (Å²) in [6, 6.07) is 12.2. The fraction of sp³-hybridized carbons (Fsp3) is 0.263. The maximum atomic E-state index is 12.5. The van der Waals surface area contributed by atoms with Gasteiger partial charge in [0.05, 0.1) is 4.90 Å². The van der Waals surface area contributed by atoms with Crippen molar-refractivity contribution in [1.29, 1.82) is 0 Å². The number of carbonyl (C=O) groups is 2. The second-order valence-electron chi connectivity index (χ2n) is 6.41. The quantitative estimate of drug-likeness (QED) is 0.723. The molecule has 26 heavy (non-hydrogen) atoms. The average Bonchev–Trinajstić information content (AvgIpc) is 2.56. The Morgan fingerprint density at radius 2 is 1.62 bits per heavy atom. The van der Waals surface area contributed by atoms with Crippen molar-refractivity contribution in [2.45, 2.75) is 32.1 Å². The van der Waals surface area contributed by atoms with Gasteiger partial charge in [0, 0.05) is 23.4 Å². The number of Topliss-reactive ketones (excluding diaryl/α,β-unsaturated/α-hetero) is 1. The molecule has 7 heteroatoms. The first-order chi connectivity index (χ1) is 12.2. The van der Waals surface area contributed by atoms with Crippen molar-refractivity contribution in [2.75, 3.05) is 10.0 Å². The van der Waals surface area contributed by atoms with Gasteiger partial charge in [-0.2, -0.15) is 0 Å². The average molecular weight is 374 g/mol. The van der Waals surface area contributed by atoms with Crippen LogP contribution in [0.2, 0.25) is 0 Å². The fourth-order valence-electron chi connectivity index (χ4n) is 2.30. The highest BCUT2D eigenvalue weighted by molar-refractivity contribution is 7.92. The van der Waals surface area contributed by atoms with E-state index in [0.717, 1.165) is 0 Å². The third-order valence-electron chi connectivity index (χ3n) is 3.57. The van der Waals surface area contributed by atoms with Crippen LogP contribution in [0.4, 0.5) is 11.4 Å². The molecule has 0 unspecified atom stereocenters. The maximum Gasteiger partial charge on any atom is 0.261 e. The van der Waals surface area contributed by atoms with Crippen molar-refractivity contribution >= 4 is 33.1 Å². The number of ketones is 1. The summed E-state index contributed by atoms with van der Waals surface area (Å²) < 4.78 is 27.4. The number of carbonyl (C=O) groups excluding carboxylic acids is 2. The van der Waals surface area contributed by atoms with Crippen molar-refractivity contribution < 1.29 is 18.0 Å². The highest BCUT2D eigenvalue weighted by Crippen LogP contribution is 2.19. The van der Waals surface area contributed by atoms with Crippen LogP contribution in [0.3, 0.4) is 0 Å². The van der Waals surface area contributed by atoms with Crippen LogP contribution in [-0.4, -0.2) is 20.1 Å². The number of hydrogen-bond acceptors (Lipinski definition) is 4. The van der Waals surface area contributed by atoms with Crippen LogP contribution in [-0.2, 0) is 14.8 Å². The van der Waals surface area contributed by atoms with Gasteiger partial charge in [-0.25, -0.2) is 8.42 Å². The number of benzene rings is 2. The van der Waals surface area contributed by atoms with Crippen LogP contribution in [0.5, 0.6) is 0 Å². The Bertz CT molecular complexity index is 903. The molecule has 0 aliphatic heterocycles. The summed E-state index contributed by atoms with van der Waals surface area (Å²) in [5.41, 5.74) is 1.29. The molecule has 0 aromatic heterocycles. The molecule has 2 N–H and O–H groups in total. The van der Waals surface area contributed by atoms with Crippen LogP contribution < -0.4 is 10.0 Å². The monoisotopic (exact) mass is 374 g/mol. The Kier molecular flexibility index (Phi) is 6.15. The van der Waals surface area contributed by atoms with Crippen LogP contribution in [0, 0.1) is 5.92 Å². The Hall–Kier alpha value is -2.67. The molecule has 0 radical (unpaired) electrons. The Labute approximate surface area is 153 Å². The minimum Gasteiger partial charge on any atom is -0.326 e. The Balaban J connectivity index is 2.11. The zero-order chi connectivity index (χ0) is 19.3. The molecule has 0 atom stereocenters. The molecule has 0 saturated carbocycles. The van der Waals surface area contributed by atoms with Gasteiger partial charge < -0.3 is 5.32 Å². The highest BCUT2D eigenvalue weighted by Gasteiger charge is 2.15. The normalized spacial score (nSPS) is 11.2. The van der Waals surface area contributed by atoms with Gasteiger partial charge in [0.15, 0.2) is 5.78 Å². The van der Waals surface area contributed by atoms with E-state index < -0.39 is 10.0 Å². The van der Waals surface area contributed by atoms with Crippen molar-refractivity contribution in [1.82, 2.24) is 0 Å². The smallest absolute Gasteiger partial charge is 0.261 e. The van der Waals surface area contributed by atoms with E-state index in [-0.39, 0.29) is 22.5 Å². The molecule has 0 aliphatic rings. The molecule has 0 fully saturated rings. The van der Waals surface area contributed by atoms with Gasteiger partial charge in [-0.3, -0.25) is 14.3 Å². The van der Waals surface area contributed by atoms with E-state index in [1.807, 2.05) is 13.8 Å². The van der Waals surface area contributed by atoms with E-state index in [9.17, 15) is 18.0 Å². The Morgan fingerprint density at radius 3 is 2.19 bits per heavy atom. The second-order valence-corrected chi connectivity index (χ2v) is 8.10. The Morgan fingerprint density at radius 1 is 1.00 bits per heavy atom. The molecule has 2 rings (SSSR count). The predicted octanol–water partition coefficient (Wildman–Crippen LogP) is 3.67. The van der Waals surface area contributed by atoms with E-state index in [1.54, 1.807) is 30.3 Å². The lowest BCUT2D eigenvalue weighted by molar-refractivity contribution is -0.116. The lowest BCUT2D eigenvalue weighted by Gasteiger charge is -2.11. The SMILES string of the molecule is CC(=O)c1cccc(S(=O)(=O)Nc2ccc(NC(=O)CC(C)C)cc2)c1. The van der Waals surface area contributed by atoms with E-state index in [1.165, 1.54) is 25.1 Å². The molecule has 2 aromatic rings. The van der Waals surface area contributed by atoms with E-state index in [0.29, 0.717) is 23.4 Å². The topological polar surface area (TPSA) is 92.3 Å². The largest absolute Gasteiger partial charge is 0.326 e. The summed E-state index contributed by atoms with van der Waals surface area (Å²) in [7, 11) is -3.81. The number of anilines is 2. The highest BCUT2D eigenvalue weighted by atomic mass is 32.2. The summed E-state index contributed by atoms with van der Waals surface area (Å²) in [5, 5.41) is 2.76. The molecule has 0 heterocycles. The van der Waals surface area contributed by atoms with Gasteiger partial charge in [-0.15, -0.1) is 0 Å². The molecule has 0 aliphatic carbocycles. The molecule has 0 saturated heterocycles. The minimum atomic E-state index is -3.81. The van der Waals surface area contributed by atoms with Crippen molar-refractivity contribution in [2.24, 2.45) is 5.92 Å². The first kappa shape index (κ1) is 19.7.